The largest absolute Gasteiger partial charge is 0.481 e. The van der Waals surface area contributed by atoms with Gasteiger partial charge in [-0.3, -0.25) is 9.59 Å². The Balaban J connectivity index is 2.17. The van der Waals surface area contributed by atoms with Crippen LogP contribution in [0.4, 0.5) is 0 Å². The molecule has 2 rings (SSSR count). The van der Waals surface area contributed by atoms with Crippen molar-refractivity contribution in [3.63, 3.8) is 0 Å². The topological polar surface area (TPSA) is 92.4 Å². The first-order valence-corrected chi connectivity index (χ1v) is 8.44. The van der Waals surface area contributed by atoms with Crippen LogP contribution < -0.4 is 11.1 Å². The van der Waals surface area contributed by atoms with Gasteiger partial charge in [-0.15, -0.1) is 0 Å². The molecule has 0 aliphatic rings. The number of aliphatic carboxylic acids is 1. The van der Waals surface area contributed by atoms with Crippen molar-refractivity contribution in [2.75, 3.05) is 0 Å². The lowest BCUT2D eigenvalue weighted by molar-refractivity contribution is -0.137. The van der Waals surface area contributed by atoms with Crippen LogP contribution in [0.5, 0.6) is 0 Å². The molecule has 2 aromatic carbocycles. The SMILES string of the molecule is CCC[C@@H](N)C(=O)NC(CC(=O)O)c1ccc(-c2ccccc2)cc1. The van der Waals surface area contributed by atoms with Crippen LogP contribution in [0, 0.1) is 0 Å². The molecule has 0 bridgehead atoms. The van der Waals surface area contributed by atoms with E-state index in [1.807, 2.05) is 61.5 Å². The maximum absolute atomic E-state index is 12.2. The average molecular weight is 340 g/mol. The molecule has 5 nitrogen and oxygen atoms in total. The third-order valence-corrected chi connectivity index (χ3v) is 4.05. The minimum atomic E-state index is -0.971. The monoisotopic (exact) mass is 340 g/mol. The third-order valence-electron chi connectivity index (χ3n) is 4.05. The number of nitrogens with one attached hydrogen (secondary N) is 1. The van der Waals surface area contributed by atoms with E-state index in [0.717, 1.165) is 23.1 Å². The van der Waals surface area contributed by atoms with Crippen LogP contribution in [0.1, 0.15) is 37.8 Å². The molecule has 0 saturated heterocycles. The van der Waals surface area contributed by atoms with Crippen LogP contribution in [0.3, 0.4) is 0 Å². The Kier molecular flexibility index (Phi) is 6.71. The summed E-state index contributed by atoms with van der Waals surface area (Å²) in [4.78, 5) is 23.3. The highest BCUT2D eigenvalue weighted by Crippen LogP contribution is 2.23. The molecule has 0 aromatic heterocycles. The molecule has 4 N–H and O–H groups in total. The minimum absolute atomic E-state index is 0.185. The van der Waals surface area contributed by atoms with E-state index in [0.29, 0.717) is 6.42 Å². The summed E-state index contributed by atoms with van der Waals surface area (Å²) in [5.74, 6) is -1.29. The summed E-state index contributed by atoms with van der Waals surface area (Å²) >= 11 is 0. The first kappa shape index (κ1) is 18.7. The van der Waals surface area contributed by atoms with Crippen molar-refractivity contribution in [1.29, 1.82) is 0 Å². The predicted octanol–water partition coefficient (Wildman–Crippen LogP) is 3.11. The van der Waals surface area contributed by atoms with E-state index in [1.165, 1.54) is 0 Å². The Morgan fingerprint density at radius 1 is 1.04 bits per heavy atom. The molecule has 0 aliphatic heterocycles. The summed E-state index contributed by atoms with van der Waals surface area (Å²) in [5.41, 5.74) is 8.69. The lowest BCUT2D eigenvalue weighted by atomic mass is 9.98. The van der Waals surface area contributed by atoms with E-state index in [-0.39, 0.29) is 12.3 Å². The zero-order chi connectivity index (χ0) is 18.2. The quantitative estimate of drug-likeness (QED) is 0.688. The second kappa shape index (κ2) is 8.99. The van der Waals surface area contributed by atoms with E-state index in [1.54, 1.807) is 0 Å². The number of nitrogens with two attached hydrogens (primary N) is 1. The van der Waals surface area contributed by atoms with E-state index in [2.05, 4.69) is 5.32 Å². The van der Waals surface area contributed by atoms with E-state index >= 15 is 0 Å². The van der Waals surface area contributed by atoms with Crippen molar-refractivity contribution in [2.45, 2.75) is 38.3 Å². The van der Waals surface area contributed by atoms with Crippen LogP contribution >= 0.6 is 0 Å². The molecule has 0 fully saturated rings. The van der Waals surface area contributed by atoms with Gasteiger partial charge in [0.05, 0.1) is 18.5 Å². The van der Waals surface area contributed by atoms with Crippen molar-refractivity contribution >= 4 is 11.9 Å². The Bertz CT molecular complexity index is 699. The summed E-state index contributed by atoms with van der Waals surface area (Å²) in [7, 11) is 0. The molecule has 2 aromatic rings. The van der Waals surface area contributed by atoms with E-state index in [9.17, 15) is 9.59 Å². The summed E-state index contributed by atoms with van der Waals surface area (Å²) < 4.78 is 0. The molecule has 0 heterocycles. The molecular formula is C20H24N2O3. The van der Waals surface area contributed by atoms with Gasteiger partial charge in [0, 0.05) is 0 Å². The Morgan fingerprint density at radius 2 is 1.64 bits per heavy atom. The van der Waals surface area contributed by atoms with Crippen molar-refractivity contribution in [3.05, 3.63) is 60.2 Å². The fraction of sp³-hybridized carbons (Fsp3) is 0.300. The van der Waals surface area contributed by atoms with Gasteiger partial charge in [-0.25, -0.2) is 0 Å². The van der Waals surface area contributed by atoms with Crippen molar-refractivity contribution in [3.8, 4) is 11.1 Å². The number of carboxylic acids is 1. The summed E-state index contributed by atoms with van der Waals surface area (Å²) in [6.45, 7) is 1.95. The van der Waals surface area contributed by atoms with Crippen LogP contribution in [-0.2, 0) is 9.59 Å². The second-order valence-electron chi connectivity index (χ2n) is 6.04. The molecule has 0 radical (unpaired) electrons. The molecule has 2 atom stereocenters. The number of hydrogen-bond donors (Lipinski definition) is 3. The van der Waals surface area contributed by atoms with Gasteiger partial charge in [0.15, 0.2) is 0 Å². The number of amides is 1. The third kappa shape index (κ3) is 5.43. The lowest BCUT2D eigenvalue weighted by Crippen LogP contribution is -2.42. The maximum atomic E-state index is 12.2. The number of benzene rings is 2. The van der Waals surface area contributed by atoms with Crippen molar-refractivity contribution in [2.24, 2.45) is 5.73 Å². The Hall–Kier alpha value is -2.66. The van der Waals surface area contributed by atoms with Crippen LogP contribution in [0.2, 0.25) is 0 Å². The summed E-state index contributed by atoms with van der Waals surface area (Å²) in [6.07, 6.45) is 1.18. The second-order valence-corrected chi connectivity index (χ2v) is 6.04. The lowest BCUT2D eigenvalue weighted by Gasteiger charge is -2.20. The number of carboxylic acid groups (broad SMARTS) is 1. The molecular weight excluding hydrogens is 316 g/mol. The highest BCUT2D eigenvalue weighted by atomic mass is 16.4. The molecule has 1 amide bonds. The molecule has 5 heteroatoms. The number of rotatable bonds is 8. The Morgan fingerprint density at radius 3 is 2.20 bits per heavy atom. The molecule has 132 valence electrons. The number of carbonyl (C=O) groups excluding carboxylic acids is 1. The van der Waals surface area contributed by atoms with Gasteiger partial charge >= 0.3 is 5.97 Å². The van der Waals surface area contributed by atoms with Crippen molar-refractivity contribution < 1.29 is 14.7 Å². The van der Waals surface area contributed by atoms with Gasteiger partial charge in [-0.2, -0.15) is 0 Å². The molecule has 0 spiro atoms. The normalized spacial score (nSPS) is 13.0. The van der Waals surface area contributed by atoms with Gasteiger partial charge in [-0.05, 0) is 23.1 Å². The van der Waals surface area contributed by atoms with Crippen LogP contribution in [0.25, 0.3) is 11.1 Å². The molecule has 1 unspecified atom stereocenters. The van der Waals surface area contributed by atoms with Gasteiger partial charge in [0.1, 0.15) is 0 Å². The van der Waals surface area contributed by atoms with Crippen molar-refractivity contribution in [1.82, 2.24) is 5.32 Å². The Labute approximate surface area is 147 Å². The molecule has 0 aliphatic carbocycles. The fourth-order valence-corrected chi connectivity index (χ4v) is 2.69. The summed E-state index contributed by atoms with van der Waals surface area (Å²) in [6, 6.07) is 16.2. The van der Waals surface area contributed by atoms with E-state index < -0.39 is 18.1 Å². The first-order chi connectivity index (χ1) is 12.0. The highest BCUT2D eigenvalue weighted by Gasteiger charge is 2.21. The maximum Gasteiger partial charge on any atom is 0.305 e. The standard InChI is InChI=1S/C20H24N2O3/c1-2-6-17(21)20(25)22-18(13-19(23)24)16-11-9-15(10-12-16)14-7-4-3-5-8-14/h3-5,7-12,17-18H,2,6,13,21H2,1H3,(H,22,25)(H,23,24)/t17-,18?/m1/s1. The zero-order valence-electron chi connectivity index (χ0n) is 14.3. The number of carbonyl (C=O) groups is 2. The van der Waals surface area contributed by atoms with Crippen LogP contribution in [0.15, 0.2) is 54.6 Å². The average Bonchev–Trinajstić information content (AvgIpc) is 2.62. The number of hydrogen-bond acceptors (Lipinski definition) is 3. The molecule has 25 heavy (non-hydrogen) atoms. The zero-order valence-corrected chi connectivity index (χ0v) is 14.3. The van der Waals surface area contributed by atoms with Crippen LogP contribution in [-0.4, -0.2) is 23.0 Å². The minimum Gasteiger partial charge on any atom is -0.481 e. The molecule has 0 saturated carbocycles. The highest BCUT2D eigenvalue weighted by molar-refractivity contribution is 5.82. The van der Waals surface area contributed by atoms with Gasteiger partial charge in [0.2, 0.25) is 5.91 Å². The van der Waals surface area contributed by atoms with Gasteiger partial charge in [-0.1, -0.05) is 67.9 Å². The van der Waals surface area contributed by atoms with E-state index in [4.69, 9.17) is 10.8 Å². The summed E-state index contributed by atoms with van der Waals surface area (Å²) in [5, 5.41) is 11.9. The predicted molar refractivity (Wildman–Crippen MR) is 97.9 cm³/mol. The van der Waals surface area contributed by atoms with Gasteiger partial charge < -0.3 is 16.2 Å². The fourth-order valence-electron chi connectivity index (χ4n) is 2.69. The van der Waals surface area contributed by atoms with Gasteiger partial charge in [0.25, 0.3) is 0 Å². The smallest absolute Gasteiger partial charge is 0.305 e. The first-order valence-electron chi connectivity index (χ1n) is 8.44.